The number of hydrogen-bond donors (Lipinski definition) is 3. The molecule has 0 aliphatic rings. The minimum Gasteiger partial charge on any atom is -0.386 e. The molecule has 0 radical (unpaired) electrons. The zero-order valence-corrected chi connectivity index (χ0v) is 16.1. The Morgan fingerprint density at radius 2 is 1.96 bits per heavy atom. The lowest BCUT2D eigenvalue weighted by Crippen LogP contribution is -2.37. The molecule has 0 fully saturated rings. The highest BCUT2D eigenvalue weighted by atomic mass is 35.5. The monoisotopic (exact) mass is 424 g/mol. The molecule has 27 heavy (non-hydrogen) atoms. The molecular weight excluding hydrogens is 411 g/mol. The van der Waals surface area contributed by atoms with Gasteiger partial charge in [-0.05, 0) is 41.8 Å². The number of anilines is 1. The van der Waals surface area contributed by atoms with Crippen molar-refractivity contribution in [3.8, 4) is 9.75 Å². The van der Waals surface area contributed by atoms with Crippen LogP contribution in [0.3, 0.4) is 0 Å². The largest absolute Gasteiger partial charge is 0.386 e. The Labute approximate surface area is 167 Å². The summed E-state index contributed by atoms with van der Waals surface area (Å²) in [6, 6.07) is 11.2. The van der Waals surface area contributed by atoms with E-state index < -0.39 is 23.7 Å². The van der Waals surface area contributed by atoms with Gasteiger partial charge in [0.2, 0.25) is 0 Å². The summed E-state index contributed by atoms with van der Waals surface area (Å²) in [5.41, 5.74) is 0.195. The molecular formula is C18H14ClFN2O3S2. The van der Waals surface area contributed by atoms with Crippen molar-refractivity contribution in [3.63, 3.8) is 0 Å². The van der Waals surface area contributed by atoms with Gasteiger partial charge in [0, 0.05) is 26.9 Å². The third-order valence-electron chi connectivity index (χ3n) is 3.56. The van der Waals surface area contributed by atoms with Gasteiger partial charge in [-0.2, -0.15) is 0 Å². The van der Waals surface area contributed by atoms with E-state index >= 15 is 0 Å². The molecule has 0 spiro atoms. The predicted molar refractivity (Wildman–Crippen MR) is 106 cm³/mol. The molecule has 0 unspecified atom stereocenters. The molecule has 3 N–H and O–H groups in total. The summed E-state index contributed by atoms with van der Waals surface area (Å²) < 4.78 is 13.1. The second-order valence-electron chi connectivity index (χ2n) is 5.49. The molecule has 1 aromatic carbocycles. The molecule has 5 nitrogen and oxygen atoms in total. The number of halogens is 2. The maximum Gasteiger partial charge on any atom is 0.313 e. The van der Waals surface area contributed by atoms with Crippen LogP contribution in [-0.2, 0) is 9.59 Å². The lowest BCUT2D eigenvalue weighted by atomic mass is 10.2. The van der Waals surface area contributed by atoms with Crippen LogP contribution in [-0.4, -0.2) is 23.5 Å². The smallest absolute Gasteiger partial charge is 0.313 e. The molecule has 2 heterocycles. The molecule has 0 aliphatic heterocycles. The number of thiophene rings is 2. The van der Waals surface area contributed by atoms with Crippen LogP contribution in [0.5, 0.6) is 0 Å². The molecule has 3 rings (SSSR count). The summed E-state index contributed by atoms with van der Waals surface area (Å²) in [4.78, 5) is 26.6. The van der Waals surface area contributed by atoms with Crippen molar-refractivity contribution < 1.29 is 19.1 Å². The molecule has 9 heteroatoms. The van der Waals surface area contributed by atoms with Crippen LogP contribution in [0.15, 0.2) is 47.8 Å². The lowest BCUT2D eigenvalue weighted by Gasteiger charge is -2.10. The number of carbonyl (C=O) groups is 2. The lowest BCUT2D eigenvalue weighted by molar-refractivity contribution is -0.136. The number of benzene rings is 1. The molecule has 3 aromatic rings. The maximum absolute atomic E-state index is 13.1. The summed E-state index contributed by atoms with van der Waals surface area (Å²) in [6.07, 6.45) is -0.930. The van der Waals surface area contributed by atoms with Crippen molar-refractivity contribution in [2.75, 3.05) is 11.9 Å². The minimum atomic E-state index is -0.935. The normalized spacial score (nSPS) is 11.8. The first-order valence-electron chi connectivity index (χ1n) is 7.80. The van der Waals surface area contributed by atoms with E-state index in [-0.39, 0.29) is 17.3 Å². The molecule has 0 saturated heterocycles. The van der Waals surface area contributed by atoms with Crippen LogP contribution < -0.4 is 10.6 Å². The fourth-order valence-corrected chi connectivity index (χ4v) is 4.22. The highest BCUT2D eigenvalue weighted by Crippen LogP contribution is 2.33. The Bertz CT molecular complexity index is 959. The van der Waals surface area contributed by atoms with Gasteiger partial charge in [0.05, 0.1) is 5.02 Å². The predicted octanol–water partition coefficient (Wildman–Crippen LogP) is 4.06. The number of hydrogen-bond acceptors (Lipinski definition) is 5. The van der Waals surface area contributed by atoms with E-state index in [1.54, 1.807) is 17.4 Å². The van der Waals surface area contributed by atoms with E-state index in [1.807, 2.05) is 23.6 Å². The Morgan fingerprint density at radius 3 is 2.67 bits per heavy atom. The average molecular weight is 425 g/mol. The minimum absolute atomic E-state index is 0.110. The summed E-state index contributed by atoms with van der Waals surface area (Å²) in [7, 11) is 0. The maximum atomic E-state index is 13.1. The van der Waals surface area contributed by atoms with Gasteiger partial charge in [-0.3, -0.25) is 9.59 Å². The molecule has 1 atom stereocenters. The molecule has 0 aliphatic carbocycles. The fraction of sp³-hybridized carbons (Fsp3) is 0.111. The molecule has 140 valence electrons. The van der Waals surface area contributed by atoms with E-state index in [4.69, 9.17) is 11.6 Å². The first kappa shape index (κ1) is 19.5. The van der Waals surface area contributed by atoms with Crippen molar-refractivity contribution in [1.29, 1.82) is 0 Å². The van der Waals surface area contributed by atoms with Crippen LogP contribution in [0.1, 0.15) is 11.0 Å². The van der Waals surface area contributed by atoms with Crippen LogP contribution in [0, 0.1) is 5.82 Å². The highest BCUT2D eigenvalue weighted by molar-refractivity contribution is 7.21. The van der Waals surface area contributed by atoms with Crippen molar-refractivity contribution in [3.05, 3.63) is 63.6 Å². The first-order valence-corrected chi connectivity index (χ1v) is 9.87. The van der Waals surface area contributed by atoms with Crippen molar-refractivity contribution >= 4 is 51.8 Å². The number of aliphatic hydroxyl groups excluding tert-OH is 1. The topological polar surface area (TPSA) is 78.4 Å². The van der Waals surface area contributed by atoms with Gasteiger partial charge >= 0.3 is 11.8 Å². The zero-order chi connectivity index (χ0) is 19.4. The van der Waals surface area contributed by atoms with Crippen LogP contribution in [0.4, 0.5) is 10.1 Å². The first-order chi connectivity index (χ1) is 12.9. The van der Waals surface area contributed by atoms with Crippen LogP contribution in [0.2, 0.25) is 5.02 Å². The number of aliphatic hydroxyl groups is 1. The van der Waals surface area contributed by atoms with Crippen LogP contribution >= 0.6 is 34.3 Å². The molecule has 2 aromatic heterocycles. The Balaban J connectivity index is 1.53. The highest BCUT2D eigenvalue weighted by Gasteiger charge is 2.18. The van der Waals surface area contributed by atoms with Gasteiger partial charge in [-0.25, -0.2) is 4.39 Å². The van der Waals surface area contributed by atoms with Crippen molar-refractivity contribution in [2.24, 2.45) is 0 Å². The number of nitrogens with one attached hydrogen (secondary N) is 2. The van der Waals surface area contributed by atoms with E-state index in [0.29, 0.717) is 4.88 Å². The van der Waals surface area contributed by atoms with E-state index in [1.165, 1.54) is 23.5 Å². The third-order valence-corrected chi connectivity index (χ3v) is 6.10. The van der Waals surface area contributed by atoms with Gasteiger partial charge in [-0.15, -0.1) is 22.7 Å². The summed E-state index contributed by atoms with van der Waals surface area (Å²) in [5, 5.41) is 16.7. The van der Waals surface area contributed by atoms with E-state index in [2.05, 4.69) is 10.6 Å². The third kappa shape index (κ3) is 4.92. The summed E-state index contributed by atoms with van der Waals surface area (Å²) >= 11 is 8.65. The van der Waals surface area contributed by atoms with E-state index in [0.717, 1.165) is 15.8 Å². The molecule has 0 saturated carbocycles. The van der Waals surface area contributed by atoms with Gasteiger partial charge in [0.25, 0.3) is 0 Å². The number of carbonyl (C=O) groups excluding carboxylic acids is 2. The Kier molecular flexibility index (Phi) is 6.22. The van der Waals surface area contributed by atoms with E-state index in [9.17, 15) is 19.1 Å². The van der Waals surface area contributed by atoms with Crippen molar-refractivity contribution in [1.82, 2.24) is 5.32 Å². The standard InChI is InChI=1S/C18H14ClFN2O3S2/c19-11-8-10(3-4-12(11)20)22-18(25)17(24)21-9-13(23)14-5-6-16(27-14)15-2-1-7-26-15/h1-8,13,23H,9H2,(H,21,24)(H,22,25)/t13-/m0/s1. The average Bonchev–Trinajstić information content (AvgIpc) is 3.33. The van der Waals surface area contributed by atoms with Gasteiger partial charge in [0.1, 0.15) is 11.9 Å². The second-order valence-corrected chi connectivity index (χ2v) is 7.96. The van der Waals surface area contributed by atoms with Gasteiger partial charge in [-0.1, -0.05) is 17.7 Å². The SMILES string of the molecule is O=C(NC[C@H](O)c1ccc(-c2cccs2)s1)C(=O)Nc1ccc(F)c(Cl)c1. The van der Waals surface area contributed by atoms with Crippen LogP contribution in [0.25, 0.3) is 9.75 Å². The Hall–Kier alpha value is -2.26. The molecule has 2 amide bonds. The Morgan fingerprint density at radius 1 is 1.15 bits per heavy atom. The molecule has 0 bridgehead atoms. The summed E-state index contributed by atoms with van der Waals surface area (Å²) in [6.45, 7) is -0.110. The van der Waals surface area contributed by atoms with Crippen molar-refractivity contribution in [2.45, 2.75) is 6.10 Å². The quantitative estimate of drug-likeness (QED) is 0.540. The fourth-order valence-electron chi connectivity index (χ4n) is 2.22. The zero-order valence-electron chi connectivity index (χ0n) is 13.7. The number of rotatable bonds is 5. The number of amides is 2. The summed E-state index contributed by atoms with van der Waals surface area (Å²) in [5.74, 6) is -2.47. The second kappa shape index (κ2) is 8.62. The van der Waals surface area contributed by atoms with Gasteiger partial charge < -0.3 is 15.7 Å². The van der Waals surface area contributed by atoms with Gasteiger partial charge in [0.15, 0.2) is 0 Å².